The van der Waals surface area contributed by atoms with Crippen LogP contribution in [0.5, 0.6) is 0 Å². The van der Waals surface area contributed by atoms with Crippen molar-refractivity contribution in [2.24, 2.45) is 0 Å². The third kappa shape index (κ3) is 4.17. The van der Waals surface area contributed by atoms with Gasteiger partial charge in [-0.2, -0.15) is 0 Å². The summed E-state index contributed by atoms with van der Waals surface area (Å²) in [6.45, 7) is 0.617. The van der Waals surface area contributed by atoms with E-state index in [2.05, 4.69) is 10.0 Å². The lowest BCUT2D eigenvalue weighted by Crippen LogP contribution is -2.09. The molecule has 106 valence electrons. The number of nitrogens with two attached hydrogens (primary N) is 1. The molecule has 0 aliphatic rings. The number of para-hydroxylation sites is 1. The Balaban J connectivity index is 1.99. The zero-order valence-corrected chi connectivity index (χ0v) is 11.9. The van der Waals surface area contributed by atoms with E-state index in [1.165, 1.54) is 0 Å². The Bertz CT molecular complexity index is 682. The zero-order chi connectivity index (χ0) is 14.6. The Morgan fingerprint density at radius 2 is 1.60 bits per heavy atom. The van der Waals surface area contributed by atoms with Crippen molar-refractivity contribution in [3.8, 4) is 0 Å². The lowest BCUT2D eigenvalue weighted by molar-refractivity contribution is 0.607. The topological polar surface area (TPSA) is 84.2 Å². The van der Waals surface area contributed by atoms with E-state index in [-0.39, 0.29) is 0 Å². The summed E-state index contributed by atoms with van der Waals surface area (Å²) in [5.74, 6) is 0. The molecule has 0 radical (unpaired) electrons. The lowest BCUT2D eigenvalue weighted by atomic mass is 10.2. The van der Waals surface area contributed by atoms with Crippen molar-refractivity contribution in [3.63, 3.8) is 0 Å². The third-order valence-electron chi connectivity index (χ3n) is 2.73. The summed E-state index contributed by atoms with van der Waals surface area (Å²) in [6.07, 6.45) is 1.12. The minimum atomic E-state index is -3.24. The van der Waals surface area contributed by atoms with Crippen molar-refractivity contribution >= 4 is 27.1 Å². The van der Waals surface area contributed by atoms with Gasteiger partial charge in [0.1, 0.15) is 0 Å². The maximum absolute atomic E-state index is 11.1. The molecule has 0 amide bonds. The molecule has 20 heavy (non-hydrogen) atoms. The Morgan fingerprint density at radius 1 is 1.00 bits per heavy atom. The van der Waals surface area contributed by atoms with Crippen LogP contribution in [-0.4, -0.2) is 14.7 Å². The number of rotatable bonds is 5. The van der Waals surface area contributed by atoms with Crippen LogP contribution in [-0.2, 0) is 16.6 Å². The summed E-state index contributed by atoms with van der Waals surface area (Å²) in [4.78, 5) is 0. The van der Waals surface area contributed by atoms with E-state index in [0.29, 0.717) is 12.2 Å². The summed E-state index contributed by atoms with van der Waals surface area (Å²) in [6, 6.07) is 14.7. The number of anilines is 3. The number of hydrogen-bond acceptors (Lipinski definition) is 4. The molecular weight excluding hydrogens is 274 g/mol. The Hall–Kier alpha value is -2.21. The second kappa shape index (κ2) is 5.83. The van der Waals surface area contributed by atoms with E-state index in [1.54, 1.807) is 12.1 Å². The molecule has 2 aromatic rings. The van der Waals surface area contributed by atoms with Crippen molar-refractivity contribution in [2.75, 3.05) is 22.0 Å². The second-order valence-corrected chi connectivity index (χ2v) is 6.25. The summed E-state index contributed by atoms with van der Waals surface area (Å²) in [5.41, 5.74) is 9.06. The number of nitrogens with one attached hydrogen (secondary N) is 2. The lowest BCUT2D eigenvalue weighted by Gasteiger charge is -2.10. The summed E-state index contributed by atoms with van der Waals surface area (Å²) >= 11 is 0. The molecule has 0 aromatic heterocycles. The number of benzene rings is 2. The van der Waals surface area contributed by atoms with Crippen LogP contribution in [0.25, 0.3) is 0 Å². The number of nitrogen functional groups attached to an aromatic ring is 1. The first kappa shape index (κ1) is 14.2. The van der Waals surface area contributed by atoms with Crippen LogP contribution >= 0.6 is 0 Å². The fourth-order valence-electron chi connectivity index (χ4n) is 1.76. The van der Waals surface area contributed by atoms with Crippen LogP contribution in [0, 0.1) is 0 Å². The highest BCUT2D eigenvalue weighted by atomic mass is 32.2. The molecule has 0 saturated heterocycles. The molecular formula is C14H17N3O2S. The molecule has 2 aromatic carbocycles. The predicted octanol–water partition coefficient (Wildman–Crippen LogP) is 2.25. The fourth-order valence-corrected chi connectivity index (χ4v) is 2.33. The van der Waals surface area contributed by atoms with Crippen LogP contribution in [0.3, 0.4) is 0 Å². The Kier molecular flexibility index (Phi) is 4.14. The maximum Gasteiger partial charge on any atom is 0.229 e. The van der Waals surface area contributed by atoms with Gasteiger partial charge in [-0.05, 0) is 35.9 Å². The highest BCUT2D eigenvalue weighted by molar-refractivity contribution is 7.92. The Morgan fingerprint density at radius 3 is 2.20 bits per heavy atom. The summed E-state index contributed by atoms with van der Waals surface area (Å²) in [5, 5.41) is 3.23. The van der Waals surface area contributed by atoms with Gasteiger partial charge in [-0.25, -0.2) is 8.42 Å². The quantitative estimate of drug-likeness (QED) is 0.738. The fraction of sp³-hybridized carbons (Fsp3) is 0.143. The smallest absolute Gasteiger partial charge is 0.229 e. The van der Waals surface area contributed by atoms with Gasteiger partial charge < -0.3 is 11.1 Å². The molecule has 0 heterocycles. The van der Waals surface area contributed by atoms with Gasteiger partial charge in [0.2, 0.25) is 10.0 Å². The molecule has 0 aliphatic carbocycles. The van der Waals surface area contributed by atoms with Crippen molar-refractivity contribution in [1.82, 2.24) is 0 Å². The van der Waals surface area contributed by atoms with Crippen molar-refractivity contribution in [2.45, 2.75) is 6.54 Å². The first-order valence-corrected chi connectivity index (χ1v) is 7.98. The molecule has 0 atom stereocenters. The highest BCUT2D eigenvalue weighted by Gasteiger charge is 2.02. The van der Waals surface area contributed by atoms with Gasteiger partial charge in [-0.3, -0.25) is 4.72 Å². The largest absolute Gasteiger partial charge is 0.398 e. The minimum Gasteiger partial charge on any atom is -0.398 e. The average Bonchev–Trinajstić information content (AvgIpc) is 2.38. The van der Waals surface area contributed by atoms with Crippen molar-refractivity contribution in [3.05, 3.63) is 54.1 Å². The van der Waals surface area contributed by atoms with E-state index in [0.717, 1.165) is 23.2 Å². The van der Waals surface area contributed by atoms with Crippen molar-refractivity contribution in [1.29, 1.82) is 0 Å². The van der Waals surface area contributed by atoms with Crippen LogP contribution in [0.2, 0.25) is 0 Å². The molecule has 0 bridgehead atoms. The van der Waals surface area contributed by atoms with Gasteiger partial charge in [0.05, 0.1) is 6.26 Å². The summed E-state index contributed by atoms with van der Waals surface area (Å²) in [7, 11) is -3.24. The normalized spacial score (nSPS) is 11.1. The van der Waals surface area contributed by atoms with E-state index < -0.39 is 10.0 Å². The van der Waals surface area contributed by atoms with Gasteiger partial charge in [-0.1, -0.05) is 18.2 Å². The first-order valence-electron chi connectivity index (χ1n) is 6.09. The molecule has 0 aliphatic heterocycles. The minimum absolute atomic E-state index is 0.539. The van der Waals surface area contributed by atoms with Gasteiger partial charge in [-0.15, -0.1) is 0 Å². The molecule has 6 heteroatoms. The summed E-state index contributed by atoms with van der Waals surface area (Å²) < 4.78 is 24.6. The van der Waals surface area contributed by atoms with E-state index in [9.17, 15) is 8.42 Å². The molecule has 0 unspecified atom stereocenters. The molecule has 2 rings (SSSR count). The van der Waals surface area contributed by atoms with Gasteiger partial charge in [0.15, 0.2) is 0 Å². The molecule has 0 saturated carbocycles. The van der Waals surface area contributed by atoms with Crippen LogP contribution in [0.4, 0.5) is 17.1 Å². The molecule has 5 nitrogen and oxygen atoms in total. The van der Waals surface area contributed by atoms with Gasteiger partial charge in [0, 0.05) is 23.6 Å². The third-order valence-corrected chi connectivity index (χ3v) is 3.33. The van der Waals surface area contributed by atoms with Gasteiger partial charge in [0.25, 0.3) is 0 Å². The number of sulfonamides is 1. The SMILES string of the molecule is CS(=O)(=O)Nc1ccc(NCc2ccccc2N)cc1. The predicted molar refractivity (Wildman–Crippen MR) is 83.1 cm³/mol. The van der Waals surface area contributed by atoms with Gasteiger partial charge >= 0.3 is 0 Å². The molecule has 4 N–H and O–H groups in total. The van der Waals surface area contributed by atoms with E-state index in [1.807, 2.05) is 36.4 Å². The highest BCUT2D eigenvalue weighted by Crippen LogP contribution is 2.17. The standard InChI is InChI=1S/C14H17N3O2S/c1-20(18,19)17-13-8-6-12(7-9-13)16-10-11-4-2-3-5-14(11)15/h2-9,16-17H,10,15H2,1H3. The maximum atomic E-state index is 11.1. The molecule has 0 spiro atoms. The molecule has 0 fully saturated rings. The van der Waals surface area contributed by atoms with Crippen LogP contribution < -0.4 is 15.8 Å². The zero-order valence-electron chi connectivity index (χ0n) is 11.1. The first-order chi connectivity index (χ1) is 9.44. The van der Waals surface area contributed by atoms with Crippen molar-refractivity contribution < 1.29 is 8.42 Å². The monoisotopic (exact) mass is 291 g/mol. The average molecular weight is 291 g/mol. The van der Waals surface area contributed by atoms with Crippen LogP contribution in [0.1, 0.15) is 5.56 Å². The number of hydrogen-bond donors (Lipinski definition) is 3. The van der Waals surface area contributed by atoms with Crippen LogP contribution in [0.15, 0.2) is 48.5 Å². The second-order valence-electron chi connectivity index (χ2n) is 4.50. The Labute approximate surface area is 118 Å². The van der Waals surface area contributed by atoms with E-state index >= 15 is 0 Å². The van der Waals surface area contributed by atoms with E-state index in [4.69, 9.17) is 5.73 Å².